The molecule has 0 radical (unpaired) electrons. The van der Waals surface area contributed by atoms with Crippen LogP contribution in [-0.2, 0) is 29.0 Å². The van der Waals surface area contributed by atoms with Crippen LogP contribution in [0.1, 0.15) is 28.7 Å². The van der Waals surface area contributed by atoms with Gasteiger partial charge in [-0.1, -0.05) is 12.1 Å². The molecule has 162 valence electrons. The predicted octanol–water partition coefficient (Wildman–Crippen LogP) is 3.57. The summed E-state index contributed by atoms with van der Waals surface area (Å²) in [6, 6.07) is 11.3. The molecule has 0 spiro atoms. The molecule has 0 unspecified atom stereocenters. The van der Waals surface area contributed by atoms with Gasteiger partial charge in [-0.2, -0.15) is 0 Å². The van der Waals surface area contributed by atoms with E-state index in [1.54, 1.807) is 7.11 Å². The Morgan fingerprint density at radius 1 is 1.16 bits per heavy atom. The Morgan fingerprint density at radius 2 is 1.94 bits per heavy atom. The lowest BCUT2D eigenvalue weighted by Gasteiger charge is -2.31. The van der Waals surface area contributed by atoms with E-state index in [2.05, 4.69) is 4.90 Å². The monoisotopic (exact) mass is 423 g/mol. The molecule has 1 aromatic heterocycles. The number of hydrogen-bond donors (Lipinski definition) is 0. The molecule has 0 amide bonds. The molecule has 1 aliphatic rings. The number of carbonyl (C=O) groups is 1. The van der Waals surface area contributed by atoms with Gasteiger partial charge in [-0.3, -0.25) is 9.69 Å². The minimum Gasteiger partial charge on any atom is -0.497 e. The summed E-state index contributed by atoms with van der Waals surface area (Å²) in [5, 5.41) is 0.855. The summed E-state index contributed by atoms with van der Waals surface area (Å²) >= 11 is 0. The molecule has 7 nitrogen and oxygen atoms in total. The second-order valence-corrected chi connectivity index (χ2v) is 7.65. The summed E-state index contributed by atoms with van der Waals surface area (Å²) in [5.41, 5.74) is 3.85. The molecule has 0 N–H and O–H groups in total. The van der Waals surface area contributed by atoms with Crippen molar-refractivity contribution in [3.8, 4) is 11.5 Å². The van der Waals surface area contributed by atoms with Crippen molar-refractivity contribution in [2.24, 2.45) is 0 Å². The fourth-order valence-electron chi connectivity index (χ4n) is 3.92. The highest BCUT2D eigenvalue weighted by atomic mass is 16.5. The molecular weight excluding hydrogens is 398 g/mol. The number of esters is 1. The lowest BCUT2D eigenvalue weighted by atomic mass is 9.97. The summed E-state index contributed by atoms with van der Waals surface area (Å²) < 4.78 is 21.7. The summed E-state index contributed by atoms with van der Waals surface area (Å²) in [4.78, 5) is 25.9. The Hall–Kier alpha value is -3.32. The molecule has 4 rings (SSSR count). The van der Waals surface area contributed by atoms with E-state index >= 15 is 0 Å². The van der Waals surface area contributed by atoms with Crippen LogP contribution >= 0.6 is 0 Å². The van der Waals surface area contributed by atoms with E-state index < -0.39 is 0 Å². The highest BCUT2D eigenvalue weighted by Crippen LogP contribution is 2.37. The van der Waals surface area contributed by atoms with E-state index in [0.29, 0.717) is 37.6 Å². The Labute approximate surface area is 180 Å². The molecule has 0 saturated carbocycles. The average Bonchev–Trinajstić information content (AvgIpc) is 2.78. The van der Waals surface area contributed by atoms with Crippen molar-refractivity contribution in [2.75, 3.05) is 21.0 Å². The van der Waals surface area contributed by atoms with Crippen molar-refractivity contribution >= 4 is 16.9 Å². The molecule has 0 fully saturated rings. The lowest BCUT2D eigenvalue weighted by molar-refractivity contribution is -0.140. The largest absolute Gasteiger partial charge is 0.497 e. The second kappa shape index (κ2) is 8.81. The van der Waals surface area contributed by atoms with E-state index in [9.17, 15) is 9.59 Å². The zero-order chi connectivity index (χ0) is 22.0. The Balaban J connectivity index is 1.69. The van der Waals surface area contributed by atoms with Crippen molar-refractivity contribution in [2.45, 2.75) is 32.9 Å². The first kappa shape index (κ1) is 20.9. The second-order valence-electron chi connectivity index (χ2n) is 7.65. The third-order valence-corrected chi connectivity index (χ3v) is 5.53. The first-order valence-electron chi connectivity index (χ1n) is 10.1. The van der Waals surface area contributed by atoms with E-state index in [1.807, 2.05) is 37.3 Å². The first-order valence-corrected chi connectivity index (χ1v) is 10.1. The van der Waals surface area contributed by atoms with Crippen LogP contribution in [0.15, 0.2) is 45.6 Å². The number of carbonyl (C=O) groups excluding carboxylic acids is 1. The molecule has 7 heteroatoms. The molecule has 3 aromatic rings. The standard InChI is InChI=1S/C24H25NO6/c1-15-10-22(27)31-24-19(15)11-17(6-9-21(26)29-3)23-20(24)13-25(14-30-23)12-16-4-7-18(28-2)8-5-16/h4-5,7-8,10-11H,6,9,12-14H2,1-3H3. The van der Waals surface area contributed by atoms with Gasteiger partial charge in [0.15, 0.2) is 0 Å². The number of hydrogen-bond acceptors (Lipinski definition) is 7. The number of benzene rings is 2. The maximum absolute atomic E-state index is 12.1. The molecule has 0 atom stereocenters. The smallest absolute Gasteiger partial charge is 0.336 e. The molecule has 0 saturated heterocycles. The minimum absolute atomic E-state index is 0.253. The Morgan fingerprint density at radius 3 is 2.65 bits per heavy atom. The number of aryl methyl sites for hydroxylation is 2. The van der Waals surface area contributed by atoms with Gasteiger partial charge in [0.25, 0.3) is 0 Å². The van der Waals surface area contributed by atoms with Crippen LogP contribution in [0.5, 0.6) is 11.5 Å². The number of fused-ring (bicyclic) bond motifs is 3. The van der Waals surface area contributed by atoms with Gasteiger partial charge in [0, 0.05) is 31.0 Å². The molecule has 2 aromatic carbocycles. The maximum atomic E-state index is 12.1. The summed E-state index contributed by atoms with van der Waals surface area (Å²) in [5.74, 6) is 1.22. The molecule has 0 bridgehead atoms. The van der Waals surface area contributed by atoms with Gasteiger partial charge in [0.2, 0.25) is 0 Å². The zero-order valence-corrected chi connectivity index (χ0v) is 17.9. The quantitative estimate of drug-likeness (QED) is 0.443. The van der Waals surface area contributed by atoms with E-state index in [4.69, 9.17) is 18.6 Å². The van der Waals surface area contributed by atoms with E-state index in [-0.39, 0.29) is 18.0 Å². The van der Waals surface area contributed by atoms with E-state index in [0.717, 1.165) is 33.4 Å². The molecule has 31 heavy (non-hydrogen) atoms. The van der Waals surface area contributed by atoms with Gasteiger partial charge in [-0.25, -0.2) is 4.79 Å². The van der Waals surface area contributed by atoms with Crippen molar-refractivity contribution < 1.29 is 23.4 Å². The summed E-state index contributed by atoms with van der Waals surface area (Å²) in [6.45, 7) is 3.52. The van der Waals surface area contributed by atoms with Gasteiger partial charge in [-0.15, -0.1) is 0 Å². The molecular formula is C24H25NO6. The third kappa shape index (κ3) is 4.41. The van der Waals surface area contributed by atoms with Crippen LogP contribution in [0, 0.1) is 6.92 Å². The third-order valence-electron chi connectivity index (χ3n) is 5.53. The number of methoxy groups -OCH3 is 2. The van der Waals surface area contributed by atoms with Crippen LogP contribution in [0.4, 0.5) is 0 Å². The van der Waals surface area contributed by atoms with Gasteiger partial charge in [0.1, 0.15) is 23.8 Å². The van der Waals surface area contributed by atoms with Crippen molar-refractivity contribution in [3.63, 3.8) is 0 Å². The minimum atomic E-state index is -0.387. The number of nitrogens with zero attached hydrogens (tertiary/aromatic N) is 1. The van der Waals surface area contributed by atoms with Gasteiger partial charge >= 0.3 is 11.6 Å². The SMILES string of the molecule is COC(=O)CCc1cc2c(C)cc(=O)oc2c2c1OCN(Cc1ccc(OC)cc1)C2. The van der Waals surface area contributed by atoms with Crippen molar-refractivity contribution in [3.05, 3.63) is 69.1 Å². The van der Waals surface area contributed by atoms with Gasteiger partial charge in [0.05, 0.1) is 19.8 Å². The number of ether oxygens (including phenoxy) is 3. The topological polar surface area (TPSA) is 78.2 Å². The van der Waals surface area contributed by atoms with Crippen LogP contribution in [0.25, 0.3) is 11.0 Å². The molecule has 1 aliphatic heterocycles. The van der Waals surface area contributed by atoms with E-state index in [1.165, 1.54) is 13.2 Å². The van der Waals surface area contributed by atoms with Gasteiger partial charge in [-0.05, 0) is 48.2 Å². The van der Waals surface area contributed by atoms with Crippen LogP contribution in [-0.4, -0.2) is 31.8 Å². The highest BCUT2D eigenvalue weighted by Gasteiger charge is 2.25. The number of rotatable bonds is 6. The van der Waals surface area contributed by atoms with Gasteiger partial charge < -0.3 is 18.6 Å². The Kier molecular flexibility index (Phi) is 5.95. The van der Waals surface area contributed by atoms with Crippen LogP contribution in [0.2, 0.25) is 0 Å². The first-order chi connectivity index (χ1) is 15.0. The molecule has 0 aliphatic carbocycles. The van der Waals surface area contributed by atoms with Crippen molar-refractivity contribution in [1.82, 2.24) is 4.90 Å². The normalized spacial score (nSPS) is 13.5. The summed E-state index contributed by atoms with van der Waals surface area (Å²) in [6.07, 6.45) is 0.741. The fraction of sp³-hybridized carbons (Fsp3) is 0.333. The summed E-state index contributed by atoms with van der Waals surface area (Å²) in [7, 11) is 3.02. The predicted molar refractivity (Wildman–Crippen MR) is 115 cm³/mol. The van der Waals surface area contributed by atoms with Crippen LogP contribution in [0.3, 0.4) is 0 Å². The van der Waals surface area contributed by atoms with Crippen LogP contribution < -0.4 is 15.1 Å². The zero-order valence-electron chi connectivity index (χ0n) is 17.9. The maximum Gasteiger partial charge on any atom is 0.336 e. The molecule has 2 heterocycles. The lowest BCUT2D eigenvalue weighted by Crippen LogP contribution is -2.32. The Bertz CT molecular complexity index is 1170. The van der Waals surface area contributed by atoms with Crippen molar-refractivity contribution in [1.29, 1.82) is 0 Å². The highest BCUT2D eigenvalue weighted by molar-refractivity contribution is 5.86. The fourth-order valence-corrected chi connectivity index (χ4v) is 3.92. The average molecular weight is 423 g/mol.